The monoisotopic (exact) mass is 325 g/mol. The third-order valence-electron chi connectivity index (χ3n) is 3.98. The fourth-order valence-electron chi connectivity index (χ4n) is 2.43. The van der Waals surface area contributed by atoms with E-state index in [1.54, 1.807) is 44.6 Å². The molecule has 1 unspecified atom stereocenters. The maximum absolute atomic E-state index is 13.0. The fourth-order valence-corrected chi connectivity index (χ4v) is 4.18. The molecule has 1 atom stereocenters. The lowest BCUT2D eigenvalue weighted by molar-refractivity contribution is 0.397. The van der Waals surface area contributed by atoms with Gasteiger partial charge < -0.3 is 0 Å². The molecule has 120 valence electrons. The van der Waals surface area contributed by atoms with Crippen molar-refractivity contribution < 1.29 is 12.8 Å². The summed E-state index contributed by atoms with van der Waals surface area (Å²) in [5.41, 5.74) is 1.79. The molecule has 0 saturated carbocycles. The Balaban J connectivity index is 2.42. The van der Waals surface area contributed by atoms with Crippen molar-refractivity contribution in [1.82, 2.24) is 14.1 Å². The second-order valence-corrected chi connectivity index (χ2v) is 7.31. The van der Waals surface area contributed by atoms with Gasteiger partial charge >= 0.3 is 0 Å². The minimum atomic E-state index is -3.68. The highest BCUT2D eigenvalue weighted by molar-refractivity contribution is 7.89. The first kappa shape index (κ1) is 16.6. The Hall–Kier alpha value is -1.73. The molecule has 0 aliphatic carbocycles. The van der Waals surface area contributed by atoms with E-state index in [0.717, 1.165) is 5.56 Å². The van der Waals surface area contributed by atoms with Gasteiger partial charge in [0, 0.05) is 20.1 Å². The van der Waals surface area contributed by atoms with Gasteiger partial charge in [0.2, 0.25) is 10.0 Å². The molecule has 7 heteroatoms. The van der Waals surface area contributed by atoms with E-state index in [9.17, 15) is 12.8 Å². The van der Waals surface area contributed by atoms with Crippen LogP contribution in [0.1, 0.15) is 29.9 Å². The molecule has 2 aromatic rings. The first-order chi connectivity index (χ1) is 10.2. The van der Waals surface area contributed by atoms with E-state index < -0.39 is 16.1 Å². The summed E-state index contributed by atoms with van der Waals surface area (Å²) in [6.07, 6.45) is 0. The number of halogens is 1. The predicted octanol–water partition coefficient (Wildman–Crippen LogP) is 2.56. The Bertz CT molecular complexity index is 782. The number of hydrogen-bond donors (Lipinski definition) is 0. The van der Waals surface area contributed by atoms with Gasteiger partial charge in [0.05, 0.1) is 11.4 Å². The first-order valence-electron chi connectivity index (χ1n) is 6.90. The molecule has 0 bridgehead atoms. The van der Waals surface area contributed by atoms with Gasteiger partial charge in [-0.2, -0.15) is 9.40 Å². The summed E-state index contributed by atoms with van der Waals surface area (Å²) < 4.78 is 41.6. The summed E-state index contributed by atoms with van der Waals surface area (Å²) in [6.45, 7) is 5.17. The topological polar surface area (TPSA) is 55.2 Å². The van der Waals surface area contributed by atoms with Crippen LogP contribution >= 0.6 is 0 Å². The number of sulfonamides is 1. The molecular formula is C15H20FN3O2S. The molecule has 2 rings (SSSR count). The van der Waals surface area contributed by atoms with E-state index in [1.807, 2.05) is 0 Å². The molecular weight excluding hydrogens is 305 g/mol. The Morgan fingerprint density at radius 1 is 1.23 bits per heavy atom. The molecule has 0 radical (unpaired) electrons. The molecule has 0 aliphatic heterocycles. The Morgan fingerprint density at radius 3 is 2.23 bits per heavy atom. The average molecular weight is 325 g/mol. The Labute approximate surface area is 130 Å². The average Bonchev–Trinajstić information content (AvgIpc) is 2.71. The van der Waals surface area contributed by atoms with Crippen molar-refractivity contribution in [3.8, 4) is 0 Å². The Morgan fingerprint density at radius 2 is 1.77 bits per heavy atom. The lowest BCUT2D eigenvalue weighted by Crippen LogP contribution is -2.30. The van der Waals surface area contributed by atoms with E-state index in [4.69, 9.17) is 0 Å². The maximum atomic E-state index is 13.0. The van der Waals surface area contributed by atoms with Gasteiger partial charge in [-0.1, -0.05) is 12.1 Å². The van der Waals surface area contributed by atoms with Gasteiger partial charge in [-0.25, -0.2) is 12.8 Å². The van der Waals surface area contributed by atoms with Crippen molar-refractivity contribution in [2.45, 2.75) is 31.7 Å². The van der Waals surface area contributed by atoms with E-state index in [0.29, 0.717) is 11.4 Å². The van der Waals surface area contributed by atoms with Gasteiger partial charge in [-0.3, -0.25) is 4.68 Å². The van der Waals surface area contributed by atoms with Crippen LogP contribution in [0, 0.1) is 19.7 Å². The summed E-state index contributed by atoms with van der Waals surface area (Å²) in [5, 5.41) is 4.16. The number of hydrogen-bond acceptors (Lipinski definition) is 3. The summed E-state index contributed by atoms with van der Waals surface area (Å²) in [4.78, 5) is 0.228. The number of aromatic nitrogens is 2. The molecule has 0 spiro atoms. The lowest BCUT2D eigenvalue weighted by Gasteiger charge is -2.24. The van der Waals surface area contributed by atoms with Crippen LogP contribution in [0.25, 0.3) is 0 Å². The second kappa shape index (κ2) is 5.81. The zero-order valence-electron chi connectivity index (χ0n) is 13.3. The highest BCUT2D eigenvalue weighted by Crippen LogP contribution is 2.29. The van der Waals surface area contributed by atoms with Crippen molar-refractivity contribution in [2.75, 3.05) is 7.05 Å². The van der Waals surface area contributed by atoms with Crippen LogP contribution in [-0.4, -0.2) is 29.6 Å². The number of aryl methyl sites for hydroxylation is 2. The van der Waals surface area contributed by atoms with Crippen LogP contribution in [0.3, 0.4) is 0 Å². The third-order valence-corrected chi connectivity index (χ3v) is 6.16. The van der Waals surface area contributed by atoms with Gasteiger partial charge in [-0.05, 0) is 38.5 Å². The molecule has 1 aromatic heterocycles. The second-order valence-electron chi connectivity index (χ2n) is 5.37. The van der Waals surface area contributed by atoms with Crippen LogP contribution in [0.5, 0.6) is 0 Å². The van der Waals surface area contributed by atoms with Gasteiger partial charge in [0.15, 0.2) is 0 Å². The van der Waals surface area contributed by atoms with Crippen molar-refractivity contribution in [1.29, 1.82) is 0 Å². The molecule has 22 heavy (non-hydrogen) atoms. The molecule has 1 heterocycles. The van der Waals surface area contributed by atoms with Crippen LogP contribution in [0.2, 0.25) is 0 Å². The van der Waals surface area contributed by atoms with E-state index in [2.05, 4.69) is 5.10 Å². The molecule has 0 saturated heterocycles. The lowest BCUT2D eigenvalue weighted by atomic mass is 10.1. The molecule has 0 amide bonds. The number of nitrogens with zero attached hydrogens (tertiary/aromatic N) is 3. The summed E-state index contributed by atoms with van der Waals surface area (Å²) >= 11 is 0. The number of benzene rings is 1. The highest BCUT2D eigenvalue weighted by Gasteiger charge is 2.31. The first-order valence-corrected chi connectivity index (χ1v) is 8.34. The third kappa shape index (κ3) is 2.78. The zero-order chi connectivity index (χ0) is 16.7. The van der Waals surface area contributed by atoms with Crippen molar-refractivity contribution >= 4 is 10.0 Å². The largest absolute Gasteiger partial charge is 0.271 e. The van der Waals surface area contributed by atoms with Gasteiger partial charge in [-0.15, -0.1) is 0 Å². The van der Waals surface area contributed by atoms with Crippen LogP contribution in [0.4, 0.5) is 4.39 Å². The molecule has 1 aromatic carbocycles. The molecule has 0 aliphatic rings. The highest BCUT2D eigenvalue weighted by atomic mass is 32.2. The molecule has 0 N–H and O–H groups in total. The SMILES string of the molecule is Cc1nn(C)c(C)c1S(=O)(=O)N(C)C(C)c1ccc(F)cc1. The summed E-state index contributed by atoms with van der Waals surface area (Å²) in [7, 11) is -0.445. The number of rotatable bonds is 4. The fraction of sp³-hybridized carbons (Fsp3) is 0.400. The van der Waals surface area contributed by atoms with Gasteiger partial charge in [0.25, 0.3) is 0 Å². The van der Waals surface area contributed by atoms with E-state index in [1.165, 1.54) is 23.5 Å². The molecule has 5 nitrogen and oxygen atoms in total. The normalized spacial score (nSPS) is 13.6. The van der Waals surface area contributed by atoms with Crippen molar-refractivity contribution in [2.24, 2.45) is 7.05 Å². The smallest absolute Gasteiger partial charge is 0.247 e. The minimum Gasteiger partial charge on any atom is -0.271 e. The minimum absolute atomic E-state index is 0.228. The standard InChI is InChI=1S/C15H20FN3O2S/c1-10-15(12(3)18(4)17-10)22(20,21)19(5)11(2)13-6-8-14(16)9-7-13/h6-9,11H,1-5H3. The van der Waals surface area contributed by atoms with Crippen molar-refractivity contribution in [3.63, 3.8) is 0 Å². The maximum Gasteiger partial charge on any atom is 0.247 e. The van der Waals surface area contributed by atoms with Crippen LogP contribution in [-0.2, 0) is 17.1 Å². The quantitative estimate of drug-likeness (QED) is 0.868. The van der Waals surface area contributed by atoms with Crippen LogP contribution < -0.4 is 0 Å². The Kier molecular flexibility index (Phi) is 4.39. The zero-order valence-corrected chi connectivity index (χ0v) is 14.1. The molecule has 0 fully saturated rings. The van der Waals surface area contributed by atoms with E-state index >= 15 is 0 Å². The predicted molar refractivity (Wildman–Crippen MR) is 82.4 cm³/mol. The summed E-state index contributed by atoms with van der Waals surface area (Å²) in [6, 6.07) is 5.42. The van der Waals surface area contributed by atoms with Gasteiger partial charge in [0.1, 0.15) is 10.7 Å². The van der Waals surface area contributed by atoms with Crippen molar-refractivity contribution in [3.05, 3.63) is 47.0 Å². The van der Waals surface area contributed by atoms with E-state index in [-0.39, 0.29) is 10.7 Å². The summed E-state index contributed by atoms with van der Waals surface area (Å²) in [5.74, 6) is -0.347. The van der Waals surface area contributed by atoms with Crippen LogP contribution in [0.15, 0.2) is 29.2 Å².